The Morgan fingerprint density at radius 2 is 1.81 bits per heavy atom. The van der Waals surface area contributed by atoms with Gasteiger partial charge in [0.15, 0.2) is 0 Å². The normalized spacial score (nSPS) is 16.0. The number of hydrogen-bond donors (Lipinski definition) is 0. The van der Waals surface area contributed by atoms with Gasteiger partial charge in [-0.25, -0.2) is 8.42 Å². The number of hydrogen-bond acceptors (Lipinski definition) is 7. The van der Waals surface area contributed by atoms with Crippen LogP contribution in [0.5, 0.6) is 0 Å². The topological polar surface area (TPSA) is 79.5 Å². The number of aromatic nitrogens is 2. The molecule has 1 aromatic carbocycles. The van der Waals surface area contributed by atoms with Gasteiger partial charge in [-0.3, -0.25) is 0 Å². The number of anilines is 1. The molecule has 7 nitrogen and oxygen atoms in total. The molecule has 1 saturated heterocycles. The van der Waals surface area contributed by atoms with E-state index in [-0.39, 0.29) is 4.21 Å². The Balaban J connectivity index is 1.47. The van der Waals surface area contributed by atoms with Crippen molar-refractivity contribution in [3.8, 4) is 11.5 Å². The summed E-state index contributed by atoms with van der Waals surface area (Å²) in [6.45, 7) is 3.81. The van der Waals surface area contributed by atoms with Crippen molar-refractivity contribution in [1.29, 1.82) is 0 Å². The van der Waals surface area contributed by atoms with Gasteiger partial charge in [-0.05, 0) is 30.3 Å². The van der Waals surface area contributed by atoms with Crippen molar-refractivity contribution in [3.63, 3.8) is 0 Å². The molecule has 1 aliphatic heterocycles. The number of nitrogens with zero attached hydrogens (tertiary/aromatic N) is 4. The van der Waals surface area contributed by atoms with E-state index in [0.29, 0.717) is 48.5 Å². The van der Waals surface area contributed by atoms with E-state index in [1.165, 1.54) is 15.6 Å². The van der Waals surface area contributed by atoms with E-state index in [1.807, 2.05) is 24.3 Å². The smallest absolute Gasteiger partial charge is 0.252 e. The Hall–Kier alpha value is -1.94. The maximum Gasteiger partial charge on any atom is 0.252 e. The summed E-state index contributed by atoms with van der Waals surface area (Å²) in [5.41, 5.74) is 1.67. The van der Waals surface area contributed by atoms with Gasteiger partial charge < -0.3 is 9.32 Å². The van der Waals surface area contributed by atoms with Crippen molar-refractivity contribution in [3.05, 3.63) is 46.6 Å². The van der Waals surface area contributed by atoms with Gasteiger partial charge in [0.05, 0.1) is 5.56 Å². The number of rotatable bonds is 4. The van der Waals surface area contributed by atoms with Crippen LogP contribution in [0.15, 0.2) is 44.3 Å². The Kier molecular flexibility index (Phi) is 4.94. The van der Waals surface area contributed by atoms with Crippen LogP contribution < -0.4 is 4.90 Å². The number of benzene rings is 1. The van der Waals surface area contributed by atoms with Crippen molar-refractivity contribution >= 4 is 38.6 Å². The van der Waals surface area contributed by atoms with Gasteiger partial charge in [-0.1, -0.05) is 11.6 Å². The van der Waals surface area contributed by atoms with Gasteiger partial charge in [0, 0.05) is 49.2 Å². The maximum atomic E-state index is 13.0. The van der Waals surface area contributed by atoms with E-state index in [4.69, 9.17) is 16.0 Å². The molecule has 0 saturated carbocycles. The van der Waals surface area contributed by atoms with E-state index in [0.717, 1.165) is 5.69 Å². The highest BCUT2D eigenvalue weighted by Crippen LogP contribution is 2.30. The number of sulfonamides is 1. The van der Waals surface area contributed by atoms with Crippen molar-refractivity contribution < 1.29 is 12.8 Å². The molecular weight excluding hydrogens is 408 g/mol. The minimum absolute atomic E-state index is 0.285. The number of piperazine rings is 1. The van der Waals surface area contributed by atoms with Crippen LogP contribution in [0, 0.1) is 6.92 Å². The van der Waals surface area contributed by atoms with Crippen LogP contribution in [0.25, 0.3) is 11.5 Å². The second kappa shape index (κ2) is 7.23. The SMILES string of the molecule is Cc1nnc(-c2csc(S(=O)(=O)N3CCN(c4ccc(Cl)cc4)CC3)c2)o1. The van der Waals surface area contributed by atoms with Crippen LogP contribution in [0.4, 0.5) is 5.69 Å². The van der Waals surface area contributed by atoms with Crippen molar-refractivity contribution in [2.45, 2.75) is 11.1 Å². The lowest BCUT2D eigenvalue weighted by atomic mass is 10.2. The second-order valence-corrected chi connectivity index (χ2v) is 9.66. The quantitative estimate of drug-likeness (QED) is 0.639. The first-order valence-electron chi connectivity index (χ1n) is 8.33. The minimum Gasteiger partial charge on any atom is -0.421 e. The monoisotopic (exact) mass is 424 g/mol. The fourth-order valence-corrected chi connectivity index (χ4v) is 5.80. The molecule has 0 radical (unpaired) electrons. The van der Waals surface area contributed by atoms with Gasteiger partial charge in [-0.15, -0.1) is 21.5 Å². The average Bonchev–Trinajstić information content (AvgIpc) is 3.32. The van der Waals surface area contributed by atoms with E-state index in [1.54, 1.807) is 18.4 Å². The molecular formula is C17H17ClN4O3S2. The lowest BCUT2D eigenvalue weighted by molar-refractivity contribution is 0.386. The zero-order valence-corrected chi connectivity index (χ0v) is 16.9. The standard InChI is InChI=1S/C17H17ClN4O3S2/c1-12-19-20-17(25-12)13-10-16(26-11-13)27(23,24)22-8-6-21(7-9-22)15-4-2-14(18)3-5-15/h2-5,10-11H,6-9H2,1H3. The van der Waals surface area contributed by atoms with Crippen molar-refractivity contribution in [2.24, 2.45) is 0 Å². The summed E-state index contributed by atoms with van der Waals surface area (Å²) in [4.78, 5) is 2.16. The first-order valence-corrected chi connectivity index (χ1v) is 11.0. The minimum atomic E-state index is -3.54. The zero-order valence-electron chi connectivity index (χ0n) is 14.5. The summed E-state index contributed by atoms with van der Waals surface area (Å²) in [7, 11) is -3.54. The van der Waals surface area contributed by atoms with Crippen LogP contribution in [0.1, 0.15) is 5.89 Å². The predicted octanol–water partition coefficient (Wildman–Crippen LogP) is 3.27. The van der Waals surface area contributed by atoms with Crippen LogP contribution in [-0.4, -0.2) is 49.1 Å². The fourth-order valence-electron chi connectivity index (χ4n) is 2.94. The Labute approximate surface area is 166 Å². The number of halogens is 1. The summed E-state index contributed by atoms with van der Waals surface area (Å²) in [6.07, 6.45) is 0. The molecule has 0 N–H and O–H groups in total. The summed E-state index contributed by atoms with van der Waals surface area (Å²) in [5.74, 6) is 0.775. The molecule has 142 valence electrons. The van der Waals surface area contributed by atoms with Crippen LogP contribution >= 0.6 is 22.9 Å². The Bertz CT molecular complexity index is 1040. The highest BCUT2D eigenvalue weighted by atomic mass is 35.5. The lowest BCUT2D eigenvalue weighted by Crippen LogP contribution is -2.48. The predicted molar refractivity (Wildman–Crippen MR) is 105 cm³/mol. The molecule has 0 amide bonds. The molecule has 2 aromatic heterocycles. The fraction of sp³-hybridized carbons (Fsp3) is 0.294. The van der Waals surface area contributed by atoms with E-state index in [9.17, 15) is 8.42 Å². The van der Waals surface area contributed by atoms with Crippen LogP contribution in [0.3, 0.4) is 0 Å². The largest absolute Gasteiger partial charge is 0.421 e. The summed E-state index contributed by atoms with van der Waals surface area (Å²) < 4.78 is 33.1. The van der Waals surface area contributed by atoms with Gasteiger partial charge >= 0.3 is 0 Å². The molecule has 0 bridgehead atoms. The summed E-state index contributed by atoms with van der Waals surface area (Å²) in [6, 6.07) is 9.17. The molecule has 3 heterocycles. The first kappa shape index (κ1) is 18.4. The molecule has 3 aromatic rings. The highest BCUT2D eigenvalue weighted by molar-refractivity contribution is 7.91. The van der Waals surface area contributed by atoms with Crippen LogP contribution in [0.2, 0.25) is 5.02 Å². The maximum absolute atomic E-state index is 13.0. The summed E-state index contributed by atoms with van der Waals surface area (Å²) in [5, 5.41) is 10.1. The molecule has 10 heteroatoms. The number of thiophene rings is 1. The molecule has 4 rings (SSSR count). The highest BCUT2D eigenvalue weighted by Gasteiger charge is 2.30. The molecule has 0 unspecified atom stereocenters. The van der Waals surface area contributed by atoms with E-state index < -0.39 is 10.0 Å². The van der Waals surface area contributed by atoms with E-state index >= 15 is 0 Å². The van der Waals surface area contributed by atoms with Crippen LogP contribution in [-0.2, 0) is 10.0 Å². The number of aryl methyl sites for hydroxylation is 1. The Morgan fingerprint density at radius 1 is 1.11 bits per heavy atom. The second-order valence-electron chi connectivity index (χ2n) is 6.15. The average molecular weight is 425 g/mol. The molecule has 0 atom stereocenters. The summed E-state index contributed by atoms with van der Waals surface area (Å²) >= 11 is 7.10. The Morgan fingerprint density at radius 3 is 2.44 bits per heavy atom. The van der Waals surface area contributed by atoms with Gasteiger partial charge in [0.25, 0.3) is 10.0 Å². The molecule has 0 aliphatic carbocycles. The van der Waals surface area contributed by atoms with E-state index in [2.05, 4.69) is 15.1 Å². The molecule has 27 heavy (non-hydrogen) atoms. The zero-order chi connectivity index (χ0) is 19.0. The third kappa shape index (κ3) is 3.73. The van der Waals surface area contributed by atoms with Crippen molar-refractivity contribution in [1.82, 2.24) is 14.5 Å². The first-order chi connectivity index (χ1) is 12.9. The van der Waals surface area contributed by atoms with Gasteiger partial charge in [0.1, 0.15) is 4.21 Å². The molecule has 1 aliphatic rings. The molecule has 0 spiro atoms. The lowest BCUT2D eigenvalue weighted by Gasteiger charge is -2.35. The third-order valence-electron chi connectivity index (χ3n) is 4.37. The van der Waals surface area contributed by atoms with Crippen molar-refractivity contribution in [2.75, 3.05) is 31.1 Å². The third-order valence-corrected chi connectivity index (χ3v) is 7.94. The van der Waals surface area contributed by atoms with Gasteiger partial charge in [-0.2, -0.15) is 4.31 Å². The molecule has 1 fully saturated rings. The van der Waals surface area contributed by atoms with Gasteiger partial charge in [0.2, 0.25) is 11.8 Å².